The van der Waals surface area contributed by atoms with Gasteiger partial charge >= 0.3 is 0 Å². The maximum atomic E-state index is 9.09. The van der Waals surface area contributed by atoms with Crippen LogP contribution in [0.15, 0.2) is 42.6 Å². The number of nitrogens with one attached hydrogen (secondary N) is 1. The molecule has 2 aromatic rings. The van der Waals surface area contributed by atoms with Crippen molar-refractivity contribution in [2.24, 2.45) is 0 Å². The Labute approximate surface area is 135 Å². The molecule has 4 nitrogen and oxygen atoms in total. The monoisotopic (exact) mass is 317 g/mol. The van der Waals surface area contributed by atoms with Gasteiger partial charge in [0.25, 0.3) is 0 Å². The fraction of sp³-hybridized carbons (Fsp3) is 0.353. The van der Waals surface area contributed by atoms with Gasteiger partial charge in [-0.15, -0.1) is 0 Å². The topological polar surface area (TPSA) is 48.4 Å². The Kier molecular flexibility index (Phi) is 4.93. The molecule has 0 amide bonds. The average Bonchev–Trinajstić information content (AvgIpc) is 2.97. The van der Waals surface area contributed by atoms with Crippen molar-refractivity contribution < 1.29 is 5.11 Å². The summed E-state index contributed by atoms with van der Waals surface area (Å²) in [5.74, 6) is 0.699. The average molecular weight is 318 g/mol. The molecule has 116 valence electrons. The lowest BCUT2D eigenvalue weighted by Crippen LogP contribution is -2.26. The molecule has 1 aliphatic rings. The molecule has 1 atom stereocenters. The zero-order valence-corrected chi connectivity index (χ0v) is 13.1. The van der Waals surface area contributed by atoms with E-state index in [1.807, 2.05) is 6.07 Å². The minimum absolute atomic E-state index is 0.0404. The number of benzene rings is 1. The highest BCUT2D eigenvalue weighted by Gasteiger charge is 2.23. The van der Waals surface area contributed by atoms with Crippen LogP contribution in [0, 0.1) is 0 Å². The normalized spacial score (nSPS) is 18.5. The van der Waals surface area contributed by atoms with Gasteiger partial charge in [0.05, 0.1) is 11.6 Å². The van der Waals surface area contributed by atoms with Gasteiger partial charge in [-0.1, -0.05) is 41.9 Å². The molecule has 0 unspecified atom stereocenters. The summed E-state index contributed by atoms with van der Waals surface area (Å²) in [5, 5.41) is 13.1. The molecule has 1 saturated heterocycles. The van der Waals surface area contributed by atoms with Crippen LogP contribution in [-0.4, -0.2) is 34.1 Å². The van der Waals surface area contributed by atoms with Crippen molar-refractivity contribution in [3.05, 3.63) is 58.7 Å². The SMILES string of the molecule is OCc1cnc(N[C@@H]2CCN(Cc3ccccc3)C2)c(Cl)c1. The number of nitrogens with zero attached hydrogens (tertiary/aromatic N) is 2. The molecule has 0 spiro atoms. The van der Waals surface area contributed by atoms with E-state index in [1.54, 1.807) is 12.3 Å². The molecule has 2 heterocycles. The van der Waals surface area contributed by atoms with Gasteiger partial charge in [0, 0.05) is 31.9 Å². The Morgan fingerprint density at radius 2 is 2.09 bits per heavy atom. The summed E-state index contributed by atoms with van der Waals surface area (Å²) in [6.07, 6.45) is 2.73. The first-order chi connectivity index (χ1) is 10.7. The second kappa shape index (κ2) is 7.09. The maximum absolute atomic E-state index is 9.09. The van der Waals surface area contributed by atoms with E-state index in [-0.39, 0.29) is 6.61 Å². The van der Waals surface area contributed by atoms with Gasteiger partial charge in [0.2, 0.25) is 0 Å². The zero-order chi connectivity index (χ0) is 15.4. The van der Waals surface area contributed by atoms with Crippen LogP contribution < -0.4 is 5.32 Å². The first-order valence-electron chi connectivity index (χ1n) is 7.52. The van der Waals surface area contributed by atoms with Crippen LogP contribution in [-0.2, 0) is 13.2 Å². The molecule has 0 aliphatic carbocycles. The van der Waals surface area contributed by atoms with E-state index in [0.717, 1.165) is 31.6 Å². The lowest BCUT2D eigenvalue weighted by atomic mass is 10.2. The minimum Gasteiger partial charge on any atom is -0.392 e. The van der Waals surface area contributed by atoms with Crippen LogP contribution in [0.5, 0.6) is 0 Å². The van der Waals surface area contributed by atoms with E-state index < -0.39 is 0 Å². The maximum Gasteiger partial charge on any atom is 0.145 e. The number of halogens is 1. The van der Waals surface area contributed by atoms with Crippen molar-refractivity contribution in [2.75, 3.05) is 18.4 Å². The van der Waals surface area contributed by atoms with Crippen LogP contribution in [0.25, 0.3) is 0 Å². The highest BCUT2D eigenvalue weighted by molar-refractivity contribution is 6.32. The summed E-state index contributed by atoms with van der Waals surface area (Å²) < 4.78 is 0. The number of aliphatic hydroxyl groups is 1. The summed E-state index contributed by atoms with van der Waals surface area (Å²) in [6.45, 7) is 2.98. The summed E-state index contributed by atoms with van der Waals surface area (Å²) in [5.41, 5.74) is 2.07. The molecular weight excluding hydrogens is 298 g/mol. The van der Waals surface area contributed by atoms with Gasteiger partial charge in [-0.3, -0.25) is 4.90 Å². The van der Waals surface area contributed by atoms with Crippen molar-refractivity contribution >= 4 is 17.4 Å². The van der Waals surface area contributed by atoms with Crippen LogP contribution in [0.2, 0.25) is 5.02 Å². The van der Waals surface area contributed by atoms with E-state index in [1.165, 1.54) is 5.56 Å². The second-order valence-corrected chi connectivity index (χ2v) is 6.09. The smallest absolute Gasteiger partial charge is 0.145 e. The first kappa shape index (κ1) is 15.3. The lowest BCUT2D eigenvalue weighted by molar-refractivity contribution is 0.281. The molecule has 1 aromatic heterocycles. The predicted octanol–water partition coefficient (Wildman–Crippen LogP) is 2.91. The van der Waals surface area contributed by atoms with Crippen LogP contribution in [0.1, 0.15) is 17.5 Å². The van der Waals surface area contributed by atoms with Crippen molar-refractivity contribution in [1.82, 2.24) is 9.88 Å². The number of aromatic nitrogens is 1. The molecule has 1 aromatic carbocycles. The Bertz CT molecular complexity index is 621. The number of hydrogen-bond acceptors (Lipinski definition) is 4. The lowest BCUT2D eigenvalue weighted by Gasteiger charge is -2.17. The molecule has 1 aliphatic heterocycles. The molecule has 1 fully saturated rings. The van der Waals surface area contributed by atoms with Crippen molar-refractivity contribution in [1.29, 1.82) is 0 Å². The Morgan fingerprint density at radius 1 is 1.27 bits per heavy atom. The molecule has 3 rings (SSSR count). The Balaban J connectivity index is 1.57. The fourth-order valence-electron chi connectivity index (χ4n) is 2.80. The minimum atomic E-state index is -0.0404. The van der Waals surface area contributed by atoms with Gasteiger partial charge in [-0.2, -0.15) is 0 Å². The summed E-state index contributed by atoms with van der Waals surface area (Å²) >= 11 is 6.20. The van der Waals surface area contributed by atoms with E-state index in [0.29, 0.717) is 16.9 Å². The van der Waals surface area contributed by atoms with E-state index in [4.69, 9.17) is 16.7 Å². The zero-order valence-electron chi connectivity index (χ0n) is 12.4. The molecule has 0 bridgehead atoms. The van der Waals surface area contributed by atoms with E-state index >= 15 is 0 Å². The quantitative estimate of drug-likeness (QED) is 0.890. The third-order valence-corrected chi connectivity index (χ3v) is 4.23. The van der Waals surface area contributed by atoms with Gasteiger partial charge in [-0.05, 0) is 23.6 Å². The van der Waals surface area contributed by atoms with Crippen LogP contribution in [0.4, 0.5) is 5.82 Å². The summed E-state index contributed by atoms with van der Waals surface area (Å²) in [6, 6.07) is 12.6. The highest BCUT2D eigenvalue weighted by Crippen LogP contribution is 2.23. The molecule has 2 N–H and O–H groups in total. The largest absolute Gasteiger partial charge is 0.392 e. The van der Waals surface area contributed by atoms with Gasteiger partial charge in [-0.25, -0.2) is 4.98 Å². The Hall–Kier alpha value is -1.62. The number of pyridine rings is 1. The summed E-state index contributed by atoms with van der Waals surface area (Å²) in [7, 11) is 0. The first-order valence-corrected chi connectivity index (χ1v) is 7.90. The van der Waals surface area contributed by atoms with Crippen LogP contribution >= 0.6 is 11.6 Å². The molecule has 0 saturated carbocycles. The van der Waals surface area contributed by atoms with Crippen molar-refractivity contribution in [2.45, 2.75) is 25.6 Å². The predicted molar refractivity (Wildman–Crippen MR) is 88.9 cm³/mol. The molecule has 0 radical (unpaired) electrons. The van der Waals surface area contributed by atoms with Gasteiger partial charge < -0.3 is 10.4 Å². The van der Waals surface area contributed by atoms with Crippen molar-refractivity contribution in [3.63, 3.8) is 0 Å². The van der Waals surface area contributed by atoms with E-state index in [2.05, 4.69) is 39.5 Å². The number of anilines is 1. The fourth-order valence-corrected chi connectivity index (χ4v) is 3.04. The summed E-state index contributed by atoms with van der Waals surface area (Å²) in [4.78, 5) is 6.73. The third-order valence-electron chi connectivity index (χ3n) is 3.94. The molecule has 5 heteroatoms. The number of likely N-dealkylation sites (tertiary alicyclic amines) is 1. The second-order valence-electron chi connectivity index (χ2n) is 5.68. The molecular formula is C17H20ClN3O. The third kappa shape index (κ3) is 3.77. The number of hydrogen-bond donors (Lipinski definition) is 2. The van der Waals surface area contributed by atoms with Gasteiger partial charge in [0.15, 0.2) is 0 Å². The van der Waals surface area contributed by atoms with Crippen LogP contribution in [0.3, 0.4) is 0 Å². The van der Waals surface area contributed by atoms with E-state index in [9.17, 15) is 0 Å². The highest BCUT2D eigenvalue weighted by atomic mass is 35.5. The van der Waals surface area contributed by atoms with Gasteiger partial charge in [0.1, 0.15) is 5.82 Å². The molecule has 22 heavy (non-hydrogen) atoms. The number of rotatable bonds is 5. The number of aliphatic hydroxyl groups excluding tert-OH is 1. The Morgan fingerprint density at radius 3 is 2.82 bits per heavy atom. The van der Waals surface area contributed by atoms with Crippen molar-refractivity contribution in [3.8, 4) is 0 Å². The standard InChI is InChI=1S/C17H20ClN3O/c18-16-8-14(12-22)9-19-17(16)20-15-6-7-21(11-15)10-13-4-2-1-3-5-13/h1-5,8-9,15,22H,6-7,10-12H2,(H,19,20)/t15-/m1/s1.